The lowest BCUT2D eigenvalue weighted by Gasteiger charge is -2.14. The lowest BCUT2D eigenvalue weighted by atomic mass is 10.0. The van der Waals surface area contributed by atoms with Crippen LogP contribution in [-0.4, -0.2) is 33.3 Å². The summed E-state index contributed by atoms with van der Waals surface area (Å²) < 4.78 is 37.9. The van der Waals surface area contributed by atoms with Gasteiger partial charge in [-0.1, -0.05) is 6.07 Å². The van der Waals surface area contributed by atoms with Crippen LogP contribution in [0, 0.1) is 0 Å². The van der Waals surface area contributed by atoms with E-state index in [1.807, 2.05) is 19.1 Å². The molecule has 1 unspecified atom stereocenters. The van der Waals surface area contributed by atoms with E-state index in [-0.39, 0.29) is 11.4 Å². The SMILES string of the molecule is CCOc1ccc(S(=O)(=O)NCC(O)c2ccc3c(c2)CCO3)cc1. The Morgan fingerprint density at radius 3 is 2.72 bits per heavy atom. The fourth-order valence-electron chi connectivity index (χ4n) is 2.69. The first-order valence-electron chi connectivity index (χ1n) is 8.16. The fraction of sp³-hybridized carbons (Fsp3) is 0.333. The smallest absolute Gasteiger partial charge is 0.240 e. The van der Waals surface area contributed by atoms with Crippen LogP contribution in [0.1, 0.15) is 24.2 Å². The second kappa shape index (κ2) is 7.43. The third-order valence-electron chi connectivity index (χ3n) is 4.01. The molecule has 3 rings (SSSR count). The maximum absolute atomic E-state index is 12.3. The van der Waals surface area contributed by atoms with Gasteiger partial charge in [0.2, 0.25) is 10.0 Å². The van der Waals surface area contributed by atoms with Gasteiger partial charge in [-0.15, -0.1) is 0 Å². The standard InChI is InChI=1S/C18H21NO5S/c1-2-23-15-4-6-16(7-5-15)25(21,22)19-12-17(20)13-3-8-18-14(11-13)9-10-24-18/h3-8,11,17,19-20H,2,9-10,12H2,1H3. The minimum atomic E-state index is -3.70. The molecule has 134 valence electrons. The van der Waals surface area contributed by atoms with Gasteiger partial charge < -0.3 is 14.6 Å². The molecule has 0 aromatic heterocycles. The van der Waals surface area contributed by atoms with E-state index in [0.717, 1.165) is 17.7 Å². The van der Waals surface area contributed by atoms with Gasteiger partial charge >= 0.3 is 0 Å². The van der Waals surface area contributed by atoms with Crippen LogP contribution >= 0.6 is 0 Å². The van der Waals surface area contributed by atoms with Crippen molar-refractivity contribution in [3.8, 4) is 11.5 Å². The molecule has 0 amide bonds. The van der Waals surface area contributed by atoms with Gasteiger partial charge in [0.25, 0.3) is 0 Å². The van der Waals surface area contributed by atoms with Crippen molar-refractivity contribution in [2.75, 3.05) is 19.8 Å². The molecule has 1 aliphatic heterocycles. The molecule has 1 heterocycles. The van der Waals surface area contributed by atoms with E-state index in [0.29, 0.717) is 24.5 Å². The van der Waals surface area contributed by atoms with Crippen LogP contribution in [0.15, 0.2) is 47.4 Å². The number of hydrogen-bond donors (Lipinski definition) is 2. The second-order valence-corrected chi connectivity index (χ2v) is 7.50. The minimum Gasteiger partial charge on any atom is -0.494 e. The summed E-state index contributed by atoms with van der Waals surface area (Å²) in [7, 11) is -3.70. The number of rotatable bonds is 7. The number of aliphatic hydroxyl groups excluding tert-OH is 1. The van der Waals surface area contributed by atoms with Gasteiger partial charge in [0, 0.05) is 13.0 Å². The van der Waals surface area contributed by atoms with Gasteiger partial charge in [-0.25, -0.2) is 13.1 Å². The summed E-state index contributed by atoms with van der Waals surface area (Å²) in [6.45, 7) is 2.91. The predicted molar refractivity (Wildman–Crippen MR) is 93.4 cm³/mol. The second-order valence-electron chi connectivity index (χ2n) is 5.74. The van der Waals surface area contributed by atoms with Crippen LogP contribution in [0.3, 0.4) is 0 Å². The van der Waals surface area contributed by atoms with Gasteiger partial charge in [-0.05, 0) is 54.4 Å². The Morgan fingerprint density at radius 2 is 2.00 bits per heavy atom. The Balaban J connectivity index is 1.65. The van der Waals surface area contributed by atoms with Crippen molar-refractivity contribution in [2.24, 2.45) is 0 Å². The Bertz CT molecular complexity index is 833. The van der Waals surface area contributed by atoms with E-state index in [2.05, 4.69) is 4.72 Å². The minimum absolute atomic E-state index is 0.102. The summed E-state index contributed by atoms with van der Waals surface area (Å²) in [5.41, 5.74) is 1.70. The van der Waals surface area contributed by atoms with E-state index in [9.17, 15) is 13.5 Å². The van der Waals surface area contributed by atoms with Crippen molar-refractivity contribution in [2.45, 2.75) is 24.3 Å². The summed E-state index contributed by atoms with van der Waals surface area (Å²) in [6.07, 6.45) is -0.128. The van der Waals surface area contributed by atoms with Gasteiger partial charge in [0.1, 0.15) is 11.5 Å². The zero-order valence-electron chi connectivity index (χ0n) is 13.9. The molecule has 0 saturated heterocycles. The molecular formula is C18H21NO5S. The highest BCUT2D eigenvalue weighted by Crippen LogP contribution is 2.28. The average Bonchev–Trinajstić information content (AvgIpc) is 3.08. The number of hydrogen-bond acceptors (Lipinski definition) is 5. The molecule has 25 heavy (non-hydrogen) atoms. The first kappa shape index (κ1) is 17.7. The molecule has 7 heteroatoms. The summed E-state index contributed by atoms with van der Waals surface area (Å²) >= 11 is 0. The Hall–Kier alpha value is -2.09. The lowest BCUT2D eigenvalue weighted by molar-refractivity contribution is 0.182. The third-order valence-corrected chi connectivity index (χ3v) is 5.45. The Kier molecular flexibility index (Phi) is 5.27. The highest BCUT2D eigenvalue weighted by molar-refractivity contribution is 7.89. The summed E-state index contributed by atoms with van der Waals surface area (Å²) in [6, 6.07) is 11.6. The van der Waals surface area contributed by atoms with Crippen molar-refractivity contribution >= 4 is 10.0 Å². The molecule has 2 aromatic rings. The van der Waals surface area contributed by atoms with Gasteiger partial charge in [-0.2, -0.15) is 0 Å². The Morgan fingerprint density at radius 1 is 1.24 bits per heavy atom. The van der Waals surface area contributed by atoms with Crippen molar-refractivity contribution in [1.29, 1.82) is 0 Å². The third kappa shape index (κ3) is 4.12. The summed E-state index contributed by atoms with van der Waals surface area (Å²) in [5, 5.41) is 10.3. The van der Waals surface area contributed by atoms with E-state index < -0.39 is 16.1 Å². The van der Waals surface area contributed by atoms with Crippen LogP contribution in [-0.2, 0) is 16.4 Å². The first-order valence-corrected chi connectivity index (χ1v) is 9.64. The number of ether oxygens (including phenoxy) is 2. The molecule has 2 aromatic carbocycles. The summed E-state index contributed by atoms with van der Waals surface area (Å²) in [5.74, 6) is 1.44. The van der Waals surface area contributed by atoms with E-state index in [1.165, 1.54) is 12.1 Å². The van der Waals surface area contributed by atoms with Crippen molar-refractivity contribution in [3.63, 3.8) is 0 Å². The molecule has 0 fully saturated rings. The molecule has 2 N–H and O–H groups in total. The number of fused-ring (bicyclic) bond motifs is 1. The van der Waals surface area contributed by atoms with Gasteiger partial charge in [0.15, 0.2) is 0 Å². The van der Waals surface area contributed by atoms with Crippen molar-refractivity contribution in [3.05, 3.63) is 53.6 Å². The molecule has 0 aliphatic carbocycles. The van der Waals surface area contributed by atoms with Gasteiger partial charge in [-0.3, -0.25) is 0 Å². The van der Waals surface area contributed by atoms with Crippen LogP contribution in [0.25, 0.3) is 0 Å². The average molecular weight is 363 g/mol. The lowest BCUT2D eigenvalue weighted by Crippen LogP contribution is -2.28. The van der Waals surface area contributed by atoms with Crippen molar-refractivity contribution in [1.82, 2.24) is 4.72 Å². The maximum Gasteiger partial charge on any atom is 0.240 e. The highest BCUT2D eigenvalue weighted by atomic mass is 32.2. The van der Waals surface area contributed by atoms with Crippen LogP contribution in [0.4, 0.5) is 0 Å². The van der Waals surface area contributed by atoms with E-state index in [4.69, 9.17) is 9.47 Å². The number of benzene rings is 2. The zero-order valence-corrected chi connectivity index (χ0v) is 14.8. The van der Waals surface area contributed by atoms with Crippen LogP contribution < -0.4 is 14.2 Å². The van der Waals surface area contributed by atoms with E-state index >= 15 is 0 Å². The molecule has 1 atom stereocenters. The number of sulfonamides is 1. The molecule has 0 saturated carbocycles. The molecule has 6 nitrogen and oxygen atoms in total. The fourth-order valence-corrected chi connectivity index (χ4v) is 3.72. The van der Waals surface area contributed by atoms with Crippen LogP contribution in [0.2, 0.25) is 0 Å². The quantitative estimate of drug-likeness (QED) is 0.786. The zero-order chi connectivity index (χ0) is 17.9. The predicted octanol–water partition coefficient (Wildman–Crippen LogP) is 2.03. The first-order chi connectivity index (χ1) is 12.0. The molecule has 0 radical (unpaired) electrons. The molecule has 0 bridgehead atoms. The normalized spacial score (nSPS) is 14.6. The maximum atomic E-state index is 12.3. The number of nitrogens with one attached hydrogen (secondary N) is 1. The Labute approximate surface area is 147 Å². The van der Waals surface area contributed by atoms with Crippen LogP contribution in [0.5, 0.6) is 11.5 Å². The largest absolute Gasteiger partial charge is 0.494 e. The topological polar surface area (TPSA) is 84.9 Å². The van der Waals surface area contributed by atoms with E-state index in [1.54, 1.807) is 18.2 Å². The molecular weight excluding hydrogens is 342 g/mol. The molecule has 1 aliphatic rings. The van der Waals surface area contributed by atoms with Gasteiger partial charge in [0.05, 0.1) is 24.2 Å². The van der Waals surface area contributed by atoms with Crippen molar-refractivity contribution < 1.29 is 23.0 Å². The summed E-state index contributed by atoms with van der Waals surface area (Å²) in [4.78, 5) is 0.130. The molecule has 0 spiro atoms. The monoisotopic (exact) mass is 363 g/mol. The highest BCUT2D eigenvalue weighted by Gasteiger charge is 2.19. The number of aliphatic hydroxyl groups is 1.